The monoisotopic (exact) mass is 495 g/mol. The van der Waals surface area contributed by atoms with Crippen LogP contribution in [-0.4, -0.2) is 47.3 Å². The Morgan fingerprint density at radius 1 is 0.943 bits per heavy atom. The van der Waals surface area contributed by atoms with Crippen molar-refractivity contribution in [1.29, 1.82) is 0 Å². The predicted octanol–water partition coefficient (Wildman–Crippen LogP) is 3.14. The van der Waals surface area contributed by atoms with Gasteiger partial charge in [0.25, 0.3) is 15.9 Å². The average Bonchev–Trinajstić information content (AvgIpc) is 2.87. The van der Waals surface area contributed by atoms with Gasteiger partial charge in [0.1, 0.15) is 12.3 Å². The highest BCUT2D eigenvalue weighted by Gasteiger charge is 2.27. The number of nitrogens with zero attached hydrogens (tertiary/aromatic N) is 2. The van der Waals surface area contributed by atoms with E-state index in [1.54, 1.807) is 60.7 Å². The summed E-state index contributed by atoms with van der Waals surface area (Å²) >= 11 is 0. The van der Waals surface area contributed by atoms with Crippen molar-refractivity contribution in [3.05, 3.63) is 89.5 Å². The zero-order chi connectivity index (χ0) is 25.4. The van der Waals surface area contributed by atoms with Gasteiger partial charge in [0.15, 0.2) is 0 Å². The largest absolute Gasteiger partial charge is 0.497 e. The fourth-order valence-corrected chi connectivity index (χ4v) is 4.49. The SMILES string of the molecule is COC(=O)c1ccc(/C=N/NC(=O)CN(c2ccc(OC)cc2)S(=O)(=O)c2ccc(C)cc2)cc1. The third-order valence-electron chi connectivity index (χ3n) is 4.99. The van der Waals surface area contributed by atoms with Crippen molar-refractivity contribution >= 4 is 33.8 Å². The van der Waals surface area contributed by atoms with Gasteiger partial charge in [-0.05, 0) is 61.0 Å². The Labute approximate surface area is 204 Å². The molecule has 0 atom stereocenters. The third kappa shape index (κ3) is 6.45. The van der Waals surface area contributed by atoms with Crippen LogP contribution in [0.1, 0.15) is 21.5 Å². The number of nitrogens with one attached hydrogen (secondary N) is 1. The zero-order valence-electron chi connectivity index (χ0n) is 19.5. The predicted molar refractivity (Wildman–Crippen MR) is 132 cm³/mol. The number of hydrogen-bond acceptors (Lipinski definition) is 7. The van der Waals surface area contributed by atoms with E-state index in [-0.39, 0.29) is 4.90 Å². The Hall–Kier alpha value is -4.18. The second-order valence-electron chi connectivity index (χ2n) is 7.43. The van der Waals surface area contributed by atoms with Crippen molar-refractivity contribution in [2.24, 2.45) is 5.10 Å². The van der Waals surface area contributed by atoms with Crippen molar-refractivity contribution in [3.63, 3.8) is 0 Å². The summed E-state index contributed by atoms with van der Waals surface area (Å²) in [5.74, 6) is -0.553. The standard InChI is InChI=1S/C25H25N3O6S/c1-18-4-14-23(15-5-18)35(31,32)28(21-10-12-22(33-2)13-11-21)17-24(29)27-26-16-19-6-8-20(9-7-19)25(30)34-3/h4-16H,17H2,1-3H3,(H,27,29)/b26-16+. The summed E-state index contributed by atoms with van der Waals surface area (Å²) in [6.45, 7) is 1.35. The summed E-state index contributed by atoms with van der Waals surface area (Å²) in [6.07, 6.45) is 1.38. The second-order valence-corrected chi connectivity index (χ2v) is 9.29. The molecule has 1 amide bonds. The summed E-state index contributed by atoms with van der Waals surface area (Å²) < 4.78 is 37.6. The van der Waals surface area contributed by atoms with Crippen LogP contribution >= 0.6 is 0 Å². The van der Waals surface area contributed by atoms with Crippen molar-refractivity contribution < 1.29 is 27.5 Å². The highest BCUT2D eigenvalue weighted by atomic mass is 32.2. The molecule has 0 fully saturated rings. The van der Waals surface area contributed by atoms with Gasteiger partial charge in [0.2, 0.25) is 0 Å². The Balaban J connectivity index is 1.79. The van der Waals surface area contributed by atoms with Gasteiger partial charge in [-0.3, -0.25) is 9.10 Å². The summed E-state index contributed by atoms with van der Waals surface area (Å²) in [6, 6.07) is 19.1. The number of carbonyl (C=O) groups excluding carboxylic acids is 2. The molecule has 0 unspecified atom stereocenters. The molecule has 3 aromatic carbocycles. The number of aryl methyl sites for hydroxylation is 1. The Morgan fingerprint density at radius 2 is 1.57 bits per heavy atom. The Kier molecular flexibility index (Phi) is 8.21. The van der Waals surface area contributed by atoms with Crippen LogP contribution in [0.5, 0.6) is 5.75 Å². The van der Waals surface area contributed by atoms with Crippen LogP contribution in [0.25, 0.3) is 0 Å². The van der Waals surface area contributed by atoms with E-state index in [4.69, 9.17) is 4.74 Å². The highest BCUT2D eigenvalue weighted by Crippen LogP contribution is 2.26. The fraction of sp³-hybridized carbons (Fsp3) is 0.160. The first kappa shape index (κ1) is 25.4. The first-order valence-electron chi connectivity index (χ1n) is 10.5. The van der Waals surface area contributed by atoms with E-state index < -0.39 is 28.4 Å². The number of carbonyl (C=O) groups is 2. The van der Waals surface area contributed by atoms with Gasteiger partial charge in [0, 0.05) is 0 Å². The maximum absolute atomic E-state index is 13.4. The minimum atomic E-state index is -4.04. The van der Waals surface area contributed by atoms with Crippen LogP contribution in [-0.2, 0) is 19.6 Å². The Morgan fingerprint density at radius 3 is 2.14 bits per heavy atom. The minimum absolute atomic E-state index is 0.0564. The summed E-state index contributed by atoms with van der Waals surface area (Å²) in [7, 11) is -1.24. The number of amides is 1. The van der Waals surface area contributed by atoms with E-state index in [1.165, 1.54) is 32.6 Å². The van der Waals surface area contributed by atoms with Crippen LogP contribution in [0.4, 0.5) is 5.69 Å². The van der Waals surface area contributed by atoms with E-state index in [9.17, 15) is 18.0 Å². The molecule has 0 aromatic heterocycles. The molecule has 0 aliphatic heterocycles. The molecule has 3 rings (SSSR count). The number of hydrogen-bond donors (Lipinski definition) is 1. The number of methoxy groups -OCH3 is 2. The lowest BCUT2D eigenvalue weighted by Crippen LogP contribution is -2.39. The summed E-state index contributed by atoms with van der Waals surface area (Å²) in [5, 5.41) is 3.89. The molecule has 0 radical (unpaired) electrons. The molecule has 0 heterocycles. The van der Waals surface area contributed by atoms with E-state index in [0.717, 1.165) is 9.87 Å². The Bertz CT molecular complexity index is 1300. The van der Waals surface area contributed by atoms with Gasteiger partial charge >= 0.3 is 5.97 Å². The van der Waals surface area contributed by atoms with Crippen molar-refractivity contribution in [2.75, 3.05) is 25.1 Å². The lowest BCUT2D eigenvalue weighted by Gasteiger charge is -2.24. The molecule has 3 aromatic rings. The third-order valence-corrected chi connectivity index (χ3v) is 6.78. The van der Waals surface area contributed by atoms with Crippen molar-refractivity contribution in [1.82, 2.24) is 5.43 Å². The zero-order valence-corrected chi connectivity index (χ0v) is 20.3. The smallest absolute Gasteiger partial charge is 0.337 e. The topological polar surface area (TPSA) is 114 Å². The van der Waals surface area contributed by atoms with E-state index in [0.29, 0.717) is 22.6 Å². The molecule has 9 nitrogen and oxygen atoms in total. The maximum atomic E-state index is 13.4. The van der Waals surface area contributed by atoms with Crippen LogP contribution in [0.15, 0.2) is 82.8 Å². The van der Waals surface area contributed by atoms with Crippen LogP contribution in [0.3, 0.4) is 0 Å². The molecule has 0 saturated heterocycles. The van der Waals surface area contributed by atoms with E-state index in [1.807, 2.05) is 6.92 Å². The van der Waals surface area contributed by atoms with Crippen LogP contribution in [0, 0.1) is 6.92 Å². The van der Waals surface area contributed by atoms with Gasteiger partial charge in [-0.1, -0.05) is 29.8 Å². The number of sulfonamides is 1. The van der Waals surface area contributed by atoms with Gasteiger partial charge in [-0.25, -0.2) is 18.6 Å². The van der Waals surface area contributed by atoms with Crippen molar-refractivity contribution in [2.45, 2.75) is 11.8 Å². The maximum Gasteiger partial charge on any atom is 0.337 e. The molecule has 1 N–H and O–H groups in total. The molecule has 0 spiro atoms. The van der Waals surface area contributed by atoms with Gasteiger partial charge in [0.05, 0.1) is 36.6 Å². The first-order valence-corrected chi connectivity index (χ1v) is 11.9. The number of benzene rings is 3. The van der Waals surface area contributed by atoms with Crippen LogP contribution < -0.4 is 14.5 Å². The summed E-state index contributed by atoms with van der Waals surface area (Å²) in [4.78, 5) is 24.2. The first-order chi connectivity index (χ1) is 16.7. The fourth-order valence-electron chi connectivity index (χ4n) is 3.07. The van der Waals surface area contributed by atoms with Crippen LogP contribution in [0.2, 0.25) is 0 Å². The summed E-state index contributed by atoms with van der Waals surface area (Å²) in [5.41, 5.74) is 4.55. The second kappa shape index (κ2) is 11.3. The molecule has 0 bridgehead atoms. The number of ether oxygens (including phenoxy) is 2. The van der Waals surface area contributed by atoms with Gasteiger partial charge in [-0.15, -0.1) is 0 Å². The quantitative estimate of drug-likeness (QED) is 0.277. The minimum Gasteiger partial charge on any atom is -0.497 e. The van der Waals surface area contributed by atoms with Crippen molar-refractivity contribution in [3.8, 4) is 5.75 Å². The molecule has 35 heavy (non-hydrogen) atoms. The number of esters is 1. The number of anilines is 1. The lowest BCUT2D eigenvalue weighted by atomic mass is 10.1. The molecule has 0 aliphatic rings. The van der Waals surface area contributed by atoms with Gasteiger partial charge in [-0.2, -0.15) is 5.10 Å². The molecule has 182 valence electrons. The number of hydrazone groups is 1. The highest BCUT2D eigenvalue weighted by molar-refractivity contribution is 7.92. The molecule has 0 saturated carbocycles. The lowest BCUT2D eigenvalue weighted by molar-refractivity contribution is -0.119. The molecular formula is C25H25N3O6S. The molecule has 0 aliphatic carbocycles. The van der Waals surface area contributed by atoms with E-state index in [2.05, 4.69) is 15.3 Å². The normalized spacial score (nSPS) is 11.2. The molecular weight excluding hydrogens is 470 g/mol. The number of rotatable bonds is 9. The van der Waals surface area contributed by atoms with E-state index >= 15 is 0 Å². The van der Waals surface area contributed by atoms with Gasteiger partial charge < -0.3 is 9.47 Å². The molecule has 10 heteroatoms. The average molecular weight is 496 g/mol.